The molecular formula is C25H25NO8. The van der Waals surface area contributed by atoms with E-state index in [2.05, 4.69) is 5.32 Å². The first-order valence-corrected chi connectivity index (χ1v) is 10.8. The minimum atomic E-state index is -1.44. The highest BCUT2D eigenvalue weighted by molar-refractivity contribution is 6.08. The highest BCUT2D eigenvalue weighted by Gasteiger charge is 2.39. The monoisotopic (exact) mass is 467 g/mol. The number of hydrogen-bond donors (Lipinski definition) is 5. The molecule has 0 saturated carbocycles. The number of benzene rings is 3. The molecule has 3 aromatic carbocycles. The largest absolute Gasteiger partial charge is 0.480 e. The molecule has 1 amide bonds. The topological polar surface area (TPSA) is 146 Å². The molecule has 0 spiro atoms. The zero-order chi connectivity index (χ0) is 24.2. The number of hydrogen-bond acceptors (Lipinski definition) is 7. The van der Waals surface area contributed by atoms with E-state index in [9.17, 15) is 30.0 Å². The Morgan fingerprint density at radius 1 is 1.00 bits per heavy atom. The summed E-state index contributed by atoms with van der Waals surface area (Å²) >= 11 is 0. The van der Waals surface area contributed by atoms with Gasteiger partial charge in [-0.2, -0.15) is 0 Å². The molecule has 9 heteroatoms. The van der Waals surface area contributed by atoms with Gasteiger partial charge < -0.3 is 35.2 Å². The van der Waals surface area contributed by atoms with Crippen LogP contribution in [0, 0.1) is 0 Å². The van der Waals surface area contributed by atoms with Gasteiger partial charge in [-0.15, -0.1) is 0 Å². The normalized spacial score (nSPS) is 23.3. The van der Waals surface area contributed by atoms with Crippen molar-refractivity contribution in [3.8, 4) is 5.75 Å². The zero-order valence-corrected chi connectivity index (χ0v) is 18.1. The molecule has 1 fully saturated rings. The number of carboxylic acid groups (broad SMARTS) is 1. The molecule has 0 radical (unpaired) electrons. The predicted octanol–water partition coefficient (Wildman–Crippen LogP) is 1.08. The Morgan fingerprint density at radius 3 is 2.50 bits per heavy atom. The Morgan fingerprint density at radius 2 is 1.76 bits per heavy atom. The molecule has 34 heavy (non-hydrogen) atoms. The van der Waals surface area contributed by atoms with Gasteiger partial charge in [0.2, 0.25) is 6.29 Å². The van der Waals surface area contributed by atoms with E-state index in [1.807, 2.05) is 6.07 Å². The van der Waals surface area contributed by atoms with Crippen molar-refractivity contribution in [1.82, 2.24) is 5.32 Å². The van der Waals surface area contributed by atoms with E-state index >= 15 is 0 Å². The number of fused-ring (bicyclic) bond motifs is 1. The first kappa shape index (κ1) is 23.7. The van der Waals surface area contributed by atoms with Gasteiger partial charge in [0.15, 0.2) is 0 Å². The fraction of sp³-hybridized carbons (Fsp3) is 0.280. The summed E-state index contributed by atoms with van der Waals surface area (Å²) in [6.45, 7) is -0.186. The second kappa shape index (κ2) is 10.2. The van der Waals surface area contributed by atoms with Crippen molar-refractivity contribution in [3.63, 3.8) is 0 Å². The maximum atomic E-state index is 13.0. The summed E-state index contributed by atoms with van der Waals surface area (Å²) < 4.78 is 10.9. The lowest BCUT2D eigenvalue weighted by Gasteiger charge is -2.34. The van der Waals surface area contributed by atoms with Gasteiger partial charge in [-0.1, -0.05) is 42.5 Å². The van der Waals surface area contributed by atoms with Gasteiger partial charge in [-0.25, -0.2) is 4.79 Å². The first-order valence-electron chi connectivity index (χ1n) is 10.8. The van der Waals surface area contributed by atoms with Crippen LogP contribution in [0.1, 0.15) is 15.9 Å². The van der Waals surface area contributed by atoms with Crippen LogP contribution in [0.5, 0.6) is 5.75 Å². The maximum Gasteiger partial charge on any atom is 0.326 e. The maximum absolute atomic E-state index is 13.0. The molecule has 1 aliphatic heterocycles. The van der Waals surface area contributed by atoms with Crippen LogP contribution in [-0.2, 0) is 16.0 Å². The van der Waals surface area contributed by atoms with Crippen molar-refractivity contribution in [2.75, 3.05) is 6.61 Å². The Hall–Kier alpha value is -3.50. The Labute approximate surface area is 195 Å². The Balaban J connectivity index is 1.51. The van der Waals surface area contributed by atoms with E-state index in [1.54, 1.807) is 60.7 Å². The van der Waals surface area contributed by atoms with Crippen LogP contribution in [-0.4, -0.2) is 69.6 Å². The molecule has 5 atom stereocenters. The van der Waals surface area contributed by atoms with Crippen molar-refractivity contribution in [2.24, 2.45) is 0 Å². The highest BCUT2D eigenvalue weighted by Crippen LogP contribution is 2.27. The number of carbonyl (C=O) groups is 2. The van der Waals surface area contributed by atoms with Gasteiger partial charge in [0.25, 0.3) is 5.91 Å². The van der Waals surface area contributed by atoms with Gasteiger partial charge in [0.1, 0.15) is 30.1 Å². The number of aliphatic carboxylic acids is 1. The molecule has 5 N–H and O–H groups in total. The second-order valence-corrected chi connectivity index (χ2v) is 8.11. The summed E-state index contributed by atoms with van der Waals surface area (Å²) in [5.41, 5.74) is 1.09. The molecule has 9 nitrogen and oxygen atoms in total. The van der Waals surface area contributed by atoms with Crippen molar-refractivity contribution in [1.29, 1.82) is 0 Å². The van der Waals surface area contributed by atoms with E-state index in [1.165, 1.54) is 0 Å². The zero-order valence-electron chi connectivity index (χ0n) is 18.1. The first-order chi connectivity index (χ1) is 16.3. The minimum Gasteiger partial charge on any atom is -0.480 e. The third-order valence-corrected chi connectivity index (χ3v) is 5.69. The molecule has 0 bridgehead atoms. The highest BCUT2D eigenvalue weighted by atomic mass is 16.7. The molecular weight excluding hydrogens is 442 g/mol. The van der Waals surface area contributed by atoms with Crippen molar-refractivity contribution in [3.05, 3.63) is 77.9 Å². The summed E-state index contributed by atoms with van der Waals surface area (Å²) in [4.78, 5) is 24.7. The number of carboxylic acids is 1. The predicted molar refractivity (Wildman–Crippen MR) is 121 cm³/mol. The number of amides is 1. The number of carbonyl (C=O) groups excluding carboxylic acids is 1. The summed E-state index contributed by atoms with van der Waals surface area (Å²) in [6, 6.07) is 17.8. The van der Waals surface area contributed by atoms with Crippen LogP contribution in [0.3, 0.4) is 0 Å². The lowest BCUT2D eigenvalue weighted by molar-refractivity contribution is -0.242. The lowest BCUT2D eigenvalue weighted by Crippen LogP contribution is -2.54. The van der Waals surface area contributed by atoms with Crippen molar-refractivity contribution >= 4 is 22.6 Å². The smallest absolute Gasteiger partial charge is 0.326 e. The average molecular weight is 467 g/mol. The molecule has 4 rings (SSSR count). The van der Waals surface area contributed by atoms with Crippen LogP contribution >= 0.6 is 0 Å². The van der Waals surface area contributed by atoms with Gasteiger partial charge in [0.05, 0.1) is 6.61 Å². The summed E-state index contributed by atoms with van der Waals surface area (Å²) in [5.74, 6) is -1.33. The lowest BCUT2D eigenvalue weighted by atomic mass is 10.0. The van der Waals surface area contributed by atoms with Gasteiger partial charge >= 0.3 is 5.97 Å². The van der Waals surface area contributed by atoms with E-state index in [0.717, 1.165) is 5.56 Å². The van der Waals surface area contributed by atoms with E-state index in [4.69, 9.17) is 9.47 Å². The molecule has 178 valence electrons. The molecule has 0 unspecified atom stereocenters. The number of aliphatic hydroxyl groups is 3. The van der Waals surface area contributed by atoms with Crippen molar-refractivity contribution in [2.45, 2.75) is 37.1 Å². The van der Waals surface area contributed by atoms with E-state index in [-0.39, 0.29) is 13.0 Å². The SMILES string of the molecule is O=C(N[C@@H](Cc1ccccc1)C(=O)O)c1cccc2cc(O[C@@H]3OC[C@@H](O)[C@H](O)[C@H]3O)ccc12. The summed E-state index contributed by atoms with van der Waals surface area (Å²) in [6.07, 6.45) is -5.06. The molecule has 1 saturated heterocycles. The standard InChI is InChI=1S/C25H25NO8/c27-20-13-33-25(22(29)21(20)28)34-16-9-10-17-15(12-16)7-4-8-18(17)23(30)26-19(24(31)32)11-14-5-2-1-3-6-14/h1-10,12,19-22,25,27-29H,11,13H2,(H,26,30)(H,31,32)/t19-,20+,21-,22+,25-/m0/s1. The number of aliphatic hydroxyl groups excluding tert-OH is 3. The van der Waals surface area contributed by atoms with E-state index < -0.39 is 42.5 Å². The van der Waals surface area contributed by atoms with Crippen LogP contribution in [0.25, 0.3) is 10.8 Å². The molecule has 1 aliphatic rings. The molecule has 0 aliphatic carbocycles. The Kier molecular flexibility index (Phi) is 7.09. The van der Waals surface area contributed by atoms with Gasteiger partial charge in [-0.3, -0.25) is 4.79 Å². The number of ether oxygens (including phenoxy) is 2. The van der Waals surface area contributed by atoms with Crippen LogP contribution in [0.15, 0.2) is 66.7 Å². The fourth-order valence-electron chi connectivity index (χ4n) is 3.84. The fourth-order valence-corrected chi connectivity index (χ4v) is 3.84. The van der Waals surface area contributed by atoms with Crippen LogP contribution < -0.4 is 10.1 Å². The Bertz CT molecular complexity index is 1170. The van der Waals surface area contributed by atoms with Crippen LogP contribution in [0.4, 0.5) is 0 Å². The second-order valence-electron chi connectivity index (χ2n) is 8.11. The average Bonchev–Trinajstić information content (AvgIpc) is 2.84. The quantitative estimate of drug-likeness (QED) is 0.347. The molecule has 1 heterocycles. The molecule has 3 aromatic rings. The van der Waals surface area contributed by atoms with Gasteiger partial charge in [0, 0.05) is 12.0 Å². The summed E-state index contributed by atoms with van der Waals surface area (Å²) in [7, 11) is 0. The van der Waals surface area contributed by atoms with Gasteiger partial charge in [-0.05, 0) is 40.6 Å². The number of rotatable bonds is 7. The van der Waals surface area contributed by atoms with E-state index in [0.29, 0.717) is 22.1 Å². The van der Waals surface area contributed by atoms with Crippen molar-refractivity contribution < 1.29 is 39.5 Å². The third-order valence-electron chi connectivity index (χ3n) is 5.69. The number of nitrogens with one attached hydrogen (secondary N) is 1. The minimum absolute atomic E-state index is 0.148. The van der Waals surface area contributed by atoms with Crippen LogP contribution in [0.2, 0.25) is 0 Å². The third kappa shape index (κ3) is 5.18. The molecule has 0 aromatic heterocycles. The summed E-state index contributed by atoms with van der Waals surface area (Å²) in [5, 5.41) is 42.9.